The van der Waals surface area contributed by atoms with Gasteiger partial charge in [-0.05, 0) is 30.2 Å². The lowest BCUT2D eigenvalue weighted by Crippen LogP contribution is -2.11. The second-order valence-corrected chi connectivity index (χ2v) is 4.23. The number of allylic oxidation sites excluding steroid dienone is 3. The van der Waals surface area contributed by atoms with Crippen molar-refractivity contribution in [3.05, 3.63) is 59.4 Å². The van der Waals surface area contributed by atoms with Gasteiger partial charge in [-0.3, -0.25) is 0 Å². The number of hydrogen-bond donors (Lipinski definition) is 1. The molecular weight excluding hydrogens is 237 g/mol. The Morgan fingerprint density at radius 2 is 2.29 bits per heavy atom. The number of benzene rings is 1. The second-order valence-electron chi connectivity index (χ2n) is 3.74. The van der Waals surface area contributed by atoms with Gasteiger partial charge in [0.1, 0.15) is 5.82 Å². The van der Waals surface area contributed by atoms with Crippen LogP contribution < -0.4 is 0 Å². The summed E-state index contributed by atoms with van der Waals surface area (Å²) >= 11 is 5.64. The third-order valence-electron chi connectivity index (χ3n) is 2.46. The zero-order valence-corrected chi connectivity index (χ0v) is 10.5. The van der Waals surface area contributed by atoms with E-state index in [9.17, 15) is 4.39 Å². The second kappa shape index (κ2) is 6.36. The highest BCUT2D eigenvalue weighted by Gasteiger charge is 2.11. The highest BCUT2D eigenvalue weighted by atomic mass is 35.5. The van der Waals surface area contributed by atoms with E-state index < -0.39 is 0 Å². The van der Waals surface area contributed by atoms with Crippen LogP contribution in [0, 0.1) is 17.1 Å². The minimum Gasteiger partial charge on any atom is -0.304 e. The van der Waals surface area contributed by atoms with Crippen molar-refractivity contribution in [1.82, 2.24) is 0 Å². The molecule has 1 unspecified atom stereocenters. The molecule has 1 aromatic rings. The van der Waals surface area contributed by atoms with Gasteiger partial charge in [-0.1, -0.05) is 43.3 Å². The molecule has 0 fully saturated rings. The van der Waals surface area contributed by atoms with E-state index >= 15 is 0 Å². The molecule has 1 aromatic carbocycles. The average Bonchev–Trinajstić information content (AvgIpc) is 2.29. The van der Waals surface area contributed by atoms with Gasteiger partial charge in [0.2, 0.25) is 0 Å². The van der Waals surface area contributed by atoms with Crippen LogP contribution in [-0.2, 0) is 0 Å². The smallest absolute Gasteiger partial charge is 0.123 e. The zero-order chi connectivity index (χ0) is 12.8. The van der Waals surface area contributed by atoms with Crippen LogP contribution >= 0.6 is 11.6 Å². The molecule has 0 aromatic heterocycles. The molecule has 0 radical (unpaired) electrons. The van der Waals surface area contributed by atoms with Crippen LogP contribution in [0.2, 0.25) is 0 Å². The van der Waals surface area contributed by atoms with Crippen molar-refractivity contribution < 1.29 is 4.39 Å². The summed E-state index contributed by atoms with van der Waals surface area (Å²) in [5, 5.41) is 8.46. The fourth-order valence-corrected chi connectivity index (χ4v) is 1.60. The van der Waals surface area contributed by atoms with E-state index in [-0.39, 0.29) is 11.7 Å². The molecule has 0 heterocycles. The van der Waals surface area contributed by atoms with Gasteiger partial charge < -0.3 is 5.41 Å². The van der Waals surface area contributed by atoms with E-state index in [0.29, 0.717) is 16.3 Å². The van der Waals surface area contributed by atoms with Crippen LogP contribution in [0.1, 0.15) is 18.9 Å². The van der Waals surface area contributed by atoms with Crippen molar-refractivity contribution in [2.24, 2.45) is 5.92 Å². The van der Waals surface area contributed by atoms with Gasteiger partial charge in [-0.15, -0.1) is 0 Å². The monoisotopic (exact) mass is 251 g/mol. The average molecular weight is 252 g/mol. The van der Waals surface area contributed by atoms with Crippen molar-refractivity contribution in [3.8, 4) is 0 Å². The zero-order valence-electron chi connectivity index (χ0n) is 9.71. The highest BCUT2D eigenvalue weighted by Crippen LogP contribution is 2.16. The van der Waals surface area contributed by atoms with Crippen LogP contribution in [0.15, 0.2) is 48.0 Å². The Morgan fingerprint density at radius 3 is 2.82 bits per heavy atom. The van der Waals surface area contributed by atoms with E-state index in [0.717, 1.165) is 6.42 Å². The Labute approximate surface area is 106 Å². The molecule has 0 aliphatic heterocycles. The summed E-state index contributed by atoms with van der Waals surface area (Å²) in [6.45, 7) is 5.53. The van der Waals surface area contributed by atoms with Crippen LogP contribution in [0.5, 0.6) is 0 Å². The fourth-order valence-electron chi connectivity index (χ4n) is 1.53. The van der Waals surface area contributed by atoms with E-state index in [4.69, 9.17) is 17.0 Å². The van der Waals surface area contributed by atoms with Gasteiger partial charge in [0.25, 0.3) is 0 Å². The van der Waals surface area contributed by atoms with Crippen molar-refractivity contribution in [3.63, 3.8) is 0 Å². The molecule has 0 bridgehead atoms. The van der Waals surface area contributed by atoms with Gasteiger partial charge in [0, 0.05) is 16.7 Å². The molecule has 90 valence electrons. The van der Waals surface area contributed by atoms with Gasteiger partial charge in [0.05, 0.1) is 0 Å². The Hall–Kier alpha value is -1.41. The van der Waals surface area contributed by atoms with E-state index in [2.05, 4.69) is 6.58 Å². The number of nitrogens with one attached hydrogen (secondary N) is 1. The van der Waals surface area contributed by atoms with Gasteiger partial charge in [0.15, 0.2) is 0 Å². The Bertz CT molecular complexity index is 451. The molecule has 0 saturated heterocycles. The van der Waals surface area contributed by atoms with Gasteiger partial charge in [-0.2, -0.15) is 0 Å². The quantitative estimate of drug-likeness (QED) is 0.587. The van der Waals surface area contributed by atoms with E-state index in [1.807, 2.05) is 13.0 Å². The third-order valence-corrected chi connectivity index (χ3v) is 2.58. The maximum absolute atomic E-state index is 13.1. The maximum atomic E-state index is 13.1. The summed E-state index contributed by atoms with van der Waals surface area (Å²) in [7, 11) is 0. The molecule has 0 spiro atoms. The Kier molecular flexibility index (Phi) is 5.11. The molecule has 1 N–H and O–H groups in total. The molecule has 1 nitrogen and oxygen atoms in total. The van der Waals surface area contributed by atoms with Crippen molar-refractivity contribution in [1.29, 1.82) is 5.41 Å². The van der Waals surface area contributed by atoms with Crippen LogP contribution in [0.4, 0.5) is 4.39 Å². The molecular formula is C14H15ClFN. The van der Waals surface area contributed by atoms with E-state index in [1.165, 1.54) is 12.1 Å². The van der Waals surface area contributed by atoms with Crippen LogP contribution in [-0.4, -0.2) is 5.71 Å². The minimum atomic E-state index is -0.326. The van der Waals surface area contributed by atoms with Gasteiger partial charge in [-0.25, -0.2) is 4.39 Å². The normalized spacial score (nSPS) is 12.6. The molecule has 3 heteroatoms. The maximum Gasteiger partial charge on any atom is 0.123 e. The van der Waals surface area contributed by atoms with Crippen molar-refractivity contribution in [2.45, 2.75) is 13.3 Å². The summed E-state index contributed by atoms with van der Waals surface area (Å²) in [6, 6.07) is 6.08. The molecule has 0 amide bonds. The Balaban J connectivity index is 2.90. The standard InChI is InChI=1S/C14H15ClFN/c1-3-11(8-7-10(2)15)14(17)12-5-4-6-13(16)9-12/h4-9,11,17H,2-3H2,1H3/b8-7-,17-14?. The third kappa shape index (κ3) is 4.16. The molecule has 0 saturated carbocycles. The Morgan fingerprint density at radius 1 is 1.59 bits per heavy atom. The molecule has 0 aliphatic rings. The predicted octanol–water partition coefficient (Wildman–Crippen LogP) is 4.53. The van der Waals surface area contributed by atoms with Gasteiger partial charge >= 0.3 is 0 Å². The largest absolute Gasteiger partial charge is 0.304 e. The molecule has 0 aliphatic carbocycles. The van der Waals surface area contributed by atoms with E-state index in [1.54, 1.807) is 18.2 Å². The van der Waals surface area contributed by atoms with Crippen LogP contribution in [0.25, 0.3) is 0 Å². The minimum absolute atomic E-state index is 0.0766. The SMILES string of the molecule is C=C(Cl)/C=C\C(CC)C(=N)c1cccc(F)c1. The predicted molar refractivity (Wildman–Crippen MR) is 71.1 cm³/mol. The lowest BCUT2D eigenvalue weighted by molar-refractivity contribution is 0.627. The topological polar surface area (TPSA) is 23.9 Å². The fraction of sp³-hybridized carbons (Fsp3) is 0.214. The molecule has 1 rings (SSSR count). The first-order valence-electron chi connectivity index (χ1n) is 5.41. The number of rotatable bonds is 5. The molecule has 17 heavy (non-hydrogen) atoms. The summed E-state index contributed by atoms with van der Waals surface area (Å²) in [6.07, 6.45) is 4.25. The summed E-state index contributed by atoms with van der Waals surface area (Å²) in [5.74, 6) is -0.403. The highest BCUT2D eigenvalue weighted by molar-refractivity contribution is 6.30. The first-order valence-corrected chi connectivity index (χ1v) is 5.79. The lowest BCUT2D eigenvalue weighted by Gasteiger charge is -2.12. The first kappa shape index (κ1) is 13.7. The molecule has 1 atom stereocenters. The van der Waals surface area contributed by atoms with Crippen LogP contribution in [0.3, 0.4) is 0 Å². The van der Waals surface area contributed by atoms with Crippen molar-refractivity contribution in [2.75, 3.05) is 0 Å². The lowest BCUT2D eigenvalue weighted by atomic mass is 9.94. The first-order chi connectivity index (χ1) is 8.04. The number of halogens is 2. The van der Waals surface area contributed by atoms with Crippen molar-refractivity contribution >= 4 is 17.3 Å². The summed E-state index contributed by atoms with van der Waals surface area (Å²) in [4.78, 5) is 0. The summed E-state index contributed by atoms with van der Waals surface area (Å²) < 4.78 is 13.1. The summed E-state index contributed by atoms with van der Waals surface area (Å²) in [5.41, 5.74) is 0.989. The number of hydrogen-bond acceptors (Lipinski definition) is 1.